The van der Waals surface area contributed by atoms with Gasteiger partial charge in [0.1, 0.15) is 12.4 Å². The van der Waals surface area contributed by atoms with Crippen LogP contribution < -0.4 is 10.5 Å². The van der Waals surface area contributed by atoms with Gasteiger partial charge in [0.25, 0.3) is 0 Å². The summed E-state index contributed by atoms with van der Waals surface area (Å²) in [4.78, 5) is 12.4. The van der Waals surface area contributed by atoms with Gasteiger partial charge in [0, 0.05) is 31.2 Å². The molecule has 0 bridgehead atoms. The predicted molar refractivity (Wildman–Crippen MR) is 88.3 cm³/mol. The van der Waals surface area contributed by atoms with Crippen molar-refractivity contribution in [3.05, 3.63) is 29.5 Å². The molecule has 1 fully saturated rings. The van der Waals surface area contributed by atoms with E-state index in [4.69, 9.17) is 26.8 Å². The maximum atomic E-state index is 9.45. The van der Waals surface area contributed by atoms with E-state index < -0.39 is 5.41 Å². The Morgan fingerprint density at radius 3 is 2.92 bits per heavy atom. The van der Waals surface area contributed by atoms with E-state index in [-0.39, 0.29) is 12.6 Å². The number of pyridine rings is 1. The number of ether oxygens (including phenoxy) is 2. The molecule has 3 heterocycles. The Labute approximate surface area is 144 Å². The summed E-state index contributed by atoms with van der Waals surface area (Å²) in [6, 6.07) is 5.89. The minimum absolute atomic E-state index is 0.195. The normalized spacial score (nSPS) is 16.3. The Kier molecular flexibility index (Phi) is 4.79. The minimum atomic E-state index is -0.559. The van der Waals surface area contributed by atoms with Crippen molar-refractivity contribution < 1.29 is 9.47 Å². The first-order valence-corrected chi connectivity index (χ1v) is 7.86. The Balaban J connectivity index is 1.78. The van der Waals surface area contributed by atoms with Gasteiger partial charge in [0.2, 0.25) is 0 Å². The molecule has 124 valence electrons. The number of hydrogen-bond acceptors (Lipinski definition) is 7. The Bertz CT molecular complexity index is 771. The van der Waals surface area contributed by atoms with Crippen LogP contribution in [-0.4, -0.2) is 34.8 Å². The molecule has 0 unspecified atom stereocenters. The molecular formula is C16H16ClN5O2. The highest BCUT2D eigenvalue weighted by molar-refractivity contribution is 6.33. The Hall–Kier alpha value is -2.43. The molecule has 3 rings (SSSR count). The average molecular weight is 346 g/mol. The summed E-state index contributed by atoms with van der Waals surface area (Å²) in [5.41, 5.74) is 6.37. The van der Waals surface area contributed by atoms with Crippen LogP contribution in [0.1, 0.15) is 12.8 Å². The SMILES string of the molecule is N#CC1(COc2nccc(-c3cc(N)ncc3Cl)n2)CCOCC1. The highest BCUT2D eigenvalue weighted by atomic mass is 35.5. The summed E-state index contributed by atoms with van der Waals surface area (Å²) in [6.07, 6.45) is 4.32. The first kappa shape index (κ1) is 16.4. The fourth-order valence-electron chi connectivity index (χ4n) is 2.46. The maximum Gasteiger partial charge on any atom is 0.316 e. The Morgan fingerprint density at radius 1 is 1.38 bits per heavy atom. The molecule has 1 saturated heterocycles. The lowest BCUT2D eigenvalue weighted by atomic mass is 9.83. The standard InChI is InChI=1S/C16H16ClN5O2/c17-12-8-21-14(19)7-11(12)13-1-4-20-15(22-13)24-10-16(9-18)2-5-23-6-3-16/h1,4,7-8H,2-3,5-6,10H2,(H2,19,21). The van der Waals surface area contributed by atoms with Crippen molar-refractivity contribution in [2.75, 3.05) is 25.6 Å². The van der Waals surface area contributed by atoms with E-state index in [0.717, 1.165) is 0 Å². The molecule has 0 saturated carbocycles. The van der Waals surface area contributed by atoms with E-state index in [9.17, 15) is 5.26 Å². The number of aromatic nitrogens is 3. The second-order valence-corrected chi connectivity index (χ2v) is 6.01. The second-order valence-electron chi connectivity index (χ2n) is 5.61. The molecule has 2 N–H and O–H groups in total. The topological polar surface area (TPSA) is 107 Å². The summed E-state index contributed by atoms with van der Waals surface area (Å²) in [6.45, 7) is 1.34. The summed E-state index contributed by atoms with van der Waals surface area (Å²) in [5, 5.41) is 9.89. The minimum Gasteiger partial charge on any atom is -0.462 e. The van der Waals surface area contributed by atoms with Crippen molar-refractivity contribution in [2.45, 2.75) is 12.8 Å². The van der Waals surface area contributed by atoms with Crippen LogP contribution in [-0.2, 0) is 4.74 Å². The molecule has 2 aromatic heterocycles. The van der Waals surface area contributed by atoms with Crippen molar-refractivity contribution >= 4 is 17.4 Å². The summed E-state index contributed by atoms with van der Waals surface area (Å²) >= 11 is 6.15. The van der Waals surface area contributed by atoms with Gasteiger partial charge >= 0.3 is 6.01 Å². The van der Waals surface area contributed by atoms with Gasteiger partial charge < -0.3 is 15.2 Å². The number of nitriles is 1. The van der Waals surface area contributed by atoms with Gasteiger partial charge in [-0.1, -0.05) is 11.6 Å². The molecule has 0 amide bonds. The van der Waals surface area contributed by atoms with Gasteiger partial charge in [-0.3, -0.25) is 0 Å². The predicted octanol–water partition coefficient (Wildman–Crippen LogP) is 2.47. The maximum absolute atomic E-state index is 9.45. The average Bonchev–Trinajstić information content (AvgIpc) is 2.63. The van der Waals surface area contributed by atoms with Gasteiger partial charge in [-0.05, 0) is 25.0 Å². The zero-order valence-corrected chi connectivity index (χ0v) is 13.7. The van der Waals surface area contributed by atoms with Gasteiger partial charge in [-0.15, -0.1) is 0 Å². The molecular weight excluding hydrogens is 330 g/mol. The van der Waals surface area contributed by atoms with Crippen LogP contribution in [0.15, 0.2) is 24.5 Å². The van der Waals surface area contributed by atoms with Crippen molar-refractivity contribution in [1.29, 1.82) is 5.26 Å². The van der Waals surface area contributed by atoms with E-state index in [1.54, 1.807) is 18.3 Å². The van der Waals surface area contributed by atoms with Gasteiger partial charge in [-0.25, -0.2) is 9.97 Å². The van der Waals surface area contributed by atoms with Crippen LogP contribution in [0.4, 0.5) is 5.82 Å². The van der Waals surface area contributed by atoms with Crippen LogP contribution in [0.3, 0.4) is 0 Å². The van der Waals surface area contributed by atoms with Crippen molar-refractivity contribution in [2.24, 2.45) is 5.41 Å². The fourth-order valence-corrected chi connectivity index (χ4v) is 2.66. The largest absolute Gasteiger partial charge is 0.462 e. The molecule has 1 aliphatic heterocycles. The van der Waals surface area contributed by atoms with Crippen molar-refractivity contribution in [1.82, 2.24) is 15.0 Å². The quantitative estimate of drug-likeness (QED) is 0.906. The lowest BCUT2D eigenvalue weighted by Gasteiger charge is -2.29. The molecule has 0 aliphatic carbocycles. The Morgan fingerprint density at radius 2 is 2.17 bits per heavy atom. The lowest BCUT2D eigenvalue weighted by Crippen LogP contribution is -2.34. The molecule has 0 aromatic carbocycles. The van der Waals surface area contributed by atoms with Gasteiger partial charge in [0.05, 0.1) is 22.2 Å². The van der Waals surface area contributed by atoms with Crippen LogP contribution >= 0.6 is 11.6 Å². The van der Waals surface area contributed by atoms with Crippen molar-refractivity contribution in [3.63, 3.8) is 0 Å². The van der Waals surface area contributed by atoms with E-state index in [2.05, 4.69) is 21.0 Å². The summed E-state index contributed by atoms with van der Waals surface area (Å²) in [5.74, 6) is 0.348. The third kappa shape index (κ3) is 3.55. The molecule has 24 heavy (non-hydrogen) atoms. The number of halogens is 1. The third-order valence-corrected chi connectivity index (χ3v) is 4.25. The zero-order valence-electron chi connectivity index (χ0n) is 12.9. The number of anilines is 1. The molecule has 7 nitrogen and oxygen atoms in total. The first-order chi connectivity index (χ1) is 11.6. The molecule has 0 atom stereocenters. The number of rotatable bonds is 4. The van der Waals surface area contributed by atoms with Gasteiger partial charge in [-0.2, -0.15) is 10.2 Å². The van der Waals surface area contributed by atoms with Crippen LogP contribution in [0.25, 0.3) is 11.3 Å². The van der Waals surface area contributed by atoms with Gasteiger partial charge in [0.15, 0.2) is 0 Å². The smallest absolute Gasteiger partial charge is 0.316 e. The van der Waals surface area contributed by atoms with Crippen LogP contribution in [0.2, 0.25) is 5.02 Å². The number of hydrogen-bond donors (Lipinski definition) is 1. The number of nitrogens with zero attached hydrogens (tertiary/aromatic N) is 4. The van der Waals surface area contributed by atoms with E-state index in [1.165, 1.54) is 6.20 Å². The van der Waals surface area contributed by atoms with E-state index in [1.807, 2.05) is 0 Å². The highest BCUT2D eigenvalue weighted by Crippen LogP contribution is 2.31. The van der Waals surface area contributed by atoms with Crippen LogP contribution in [0.5, 0.6) is 6.01 Å². The lowest BCUT2D eigenvalue weighted by molar-refractivity contribution is 0.0174. The number of nitrogens with two attached hydrogens (primary N) is 1. The monoisotopic (exact) mass is 345 g/mol. The molecule has 0 spiro atoms. The first-order valence-electron chi connectivity index (χ1n) is 7.48. The van der Waals surface area contributed by atoms with E-state index >= 15 is 0 Å². The van der Waals surface area contributed by atoms with Crippen molar-refractivity contribution in [3.8, 4) is 23.3 Å². The third-order valence-electron chi connectivity index (χ3n) is 3.95. The fraction of sp³-hybridized carbons (Fsp3) is 0.375. The molecule has 2 aromatic rings. The molecule has 0 radical (unpaired) electrons. The second kappa shape index (κ2) is 6.99. The summed E-state index contributed by atoms with van der Waals surface area (Å²) < 4.78 is 11.0. The highest BCUT2D eigenvalue weighted by Gasteiger charge is 2.34. The van der Waals surface area contributed by atoms with Crippen LogP contribution in [0, 0.1) is 16.7 Å². The summed E-state index contributed by atoms with van der Waals surface area (Å²) in [7, 11) is 0. The number of nitrogen functional groups attached to an aromatic ring is 1. The molecule has 1 aliphatic rings. The zero-order chi connectivity index (χ0) is 17.0. The van der Waals surface area contributed by atoms with E-state index in [0.29, 0.717) is 48.2 Å². The molecule has 8 heteroatoms.